The van der Waals surface area contributed by atoms with Crippen LogP contribution >= 0.6 is 0 Å². The van der Waals surface area contributed by atoms with E-state index >= 15 is 0 Å². The van der Waals surface area contributed by atoms with Gasteiger partial charge in [-0.05, 0) is 25.1 Å². The lowest BCUT2D eigenvalue weighted by Crippen LogP contribution is -2.46. The largest absolute Gasteiger partial charge is 0.396 e. The highest BCUT2D eigenvalue weighted by Crippen LogP contribution is 2.24. The van der Waals surface area contributed by atoms with Crippen molar-refractivity contribution in [2.24, 2.45) is 5.41 Å². The highest BCUT2D eigenvalue weighted by Gasteiger charge is 2.26. The normalized spacial score (nSPS) is 13.8. The van der Waals surface area contributed by atoms with Gasteiger partial charge in [-0.3, -0.25) is 0 Å². The van der Waals surface area contributed by atoms with Crippen LogP contribution in [0.5, 0.6) is 0 Å². The van der Waals surface area contributed by atoms with Gasteiger partial charge in [0.25, 0.3) is 0 Å². The monoisotopic (exact) mass is 186 g/mol. The third kappa shape index (κ3) is 4.29. The Labute approximate surface area is 81.2 Å². The molecule has 1 atom stereocenters. The van der Waals surface area contributed by atoms with Crippen LogP contribution in [0.25, 0.3) is 0 Å². The van der Waals surface area contributed by atoms with Gasteiger partial charge in [-0.15, -0.1) is 0 Å². The van der Waals surface area contributed by atoms with Crippen molar-refractivity contribution in [2.45, 2.75) is 26.3 Å². The second-order valence-corrected chi connectivity index (χ2v) is 3.92. The number of likely N-dealkylation sites (N-methyl/N-ethyl adjacent to an activating group) is 1. The van der Waals surface area contributed by atoms with Crippen molar-refractivity contribution in [1.29, 1.82) is 0 Å². The molecule has 3 nitrogen and oxygen atoms in total. The lowest BCUT2D eigenvalue weighted by molar-refractivity contribution is 0.169. The molecule has 0 saturated carbocycles. The molecule has 3 heteroatoms. The Balaban J connectivity index is 4.09. The van der Waals surface area contributed by atoms with Gasteiger partial charge in [0.1, 0.15) is 0 Å². The van der Waals surface area contributed by atoms with Crippen LogP contribution in [0.2, 0.25) is 0 Å². The fraction of sp³-hybridized carbons (Fsp3) is 0.800. The Bertz CT molecular complexity index is 146. The maximum Gasteiger partial charge on any atom is 0.0436 e. The molecule has 0 aliphatic rings. The fourth-order valence-electron chi connectivity index (χ4n) is 1.43. The quantitative estimate of drug-likeness (QED) is 0.549. The third-order valence-corrected chi connectivity index (χ3v) is 2.51. The minimum atomic E-state index is 0.0967. The molecule has 0 unspecified atom stereocenters. The first-order valence-corrected chi connectivity index (χ1v) is 4.71. The summed E-state index contributed by atoms with van der Waals surface area (Å²) < 4.78 is 0. The summed E-state index contributed by atoms with van der Waals surface area (Å²) in [7, 11) is 1.94. The first-order chi connectivity index (χ1) is 6.08. The van der Waals surface area contributed by atoms with Crippen LogP contribution in [0.1, 0.15) is 20.3 Å². The third-order valence-electron chi connectivity index (χ3n) is 2.51. The smallest absolute Gasteiger partial charge is 0.0436 e. The van der Waals surface area contributed by atoms with Crippen LogP contribution in [0.4, 0.5) is 0 Å². The van der Waals surface area contributed by atoms with Gasteiger partial charge in [0, 0.05) is 19.2 Å². The van der Waals surface area contributed by atoms with Crippen molar-refractivity contribution in [3.05, 3.63) is 12.8 Å². The van der Waals surface area contributed by atoms with E-state index in [0.29, 0.717) is 6.04 Å². The minimum absolute atomic E-state index is 0.0967. The van der Waals surface area contributed by atoms with E-state index in [2.05, 4.69) is 31.1 Å². The van der Waals surface area contributed by atoms with E-state index in [4.69, 9.17) is 5.11 Å². The summed E-state index contributed by atoms with van der Waals surface area (Å²) in [6.07, 6.45) is 2.50. The Morgan fingerprint density at radius 2 is 2.15 bits per heavy atom. The summed E-state index contributed by atoms with van der Waals surface area (Å²) in [5.74, 6) is 0. The van der Waals surface area contributed by atoms with Crippen LogP contribution in [0, 0.1) is 5.41 Å². The van der Waals surface area contributed by atoms with Gasteiger partial charge in [0.15, 0.2) is 0 Å². The van der Waals surface area contributed by atoms with Gasteiger partial charge in [-0.25, -0.2) is 0 Å². The first-order valence-electron chi connectivity index (χ1n) is 4.71. The minimum Gasteiger partial charge on any atom is -0.396 e. The molecule has 0 aromatic heterocycles. The average molecular weight is 186 g/mol. The number of aliphatic hydroxyl groups is 1. The maximum atomic E-state index is 8.90. The molecule has 0 heterocycles. The van der Waals surface area contributed by atoms with Crippen LogP contribution in [-0.4, -0.2) is 31.3 Å². The standard InChI is InChI=1S/C10H22N2O/c1-5-12-8-9(11-4)10(2,3)6-7-13/h5,9,11-13H,1,6-8H2,2-4H3/t9-/m1/s1. The second-order valence-electron chi connectivity index (χ2n) is 3.92. The number of aliphatic hydroxyl groups excluding tert-OH is 1. The van der Waals surface area contributed by atoms with Gasteiger partial charge in [0.05, 0.1) is 0 Å². The molecule has 0 aromatic rings. The summed E-state index contributed by atoms with van der Waals surface area (Å²) in [6.45, 7) is 8.98. The Kier molecular flexibility index (Phi) is 5.75. The SMILES string of the molecule is C=CNC[C@@H](NC)C(C)(C)CCO. The van der Waals surface area contributed by atoms with Crippen LogP contribution < -0.4 is 10.6 Å². The van der Waals surface area contributed by atoms with E-state index in [1.807, 2.05) is 7.05 Å². The van der Waals surface area contributed by atoms with Crippen molar-refractivity contribution < 1.29 is 5.11 Å². The lowest BCUT2D eigenvalue weighted by Gasteiger charge is -2.33. The summed E-state index contributed by atoms with van der Waals surface area (Å²) in [6, 6.07) is 0.345. The summed E-state index contributed by atoms with van der Waals surface area (Å²) in [4.78, 5) is 0. The van der Waals surface area contributed by atoms with Crippen molar-refractivity contribution in [2.75, 3.05) is 20.2 Å². The molecule has 0 aliphatic carbocycles. The van der Waals surface area contributed by atoms with Crippen LogP contribution in [-0.2, 0) is 0 Å². The predicted octanol–water partition coefficient (Wildman–Crippen LogP) is 0.716. The maximum absolute atomic E-state index is 8.90. The molecule has 13 heavy (non-hydrogen) atoms. The lowest BCUT2D eigenvalue weighted by atomic mass is 9.81. The molecule has 0 amide bonds. The summed E-state index contributed by atoms with van der Waals surface area (Å²) in [5.41, 5.74) is 0.0967. The van der Waals surface area contributed by atoms with Crippen LogP contribution in [0.3, 0.4) is 0 Å². The van der Waals surface area contributed by atoms with Crippen molar-refractivity contribution in [3.8, 4) is 0 Å². The Hall–Kier alpha value is -0.540. The zero-order valence-electron chi connectivity index (χ0n) is 8.93. The molecule has 3 N–H and O–H groups in total. The number of hydrogen-bond acceptors (Lipinski definition) is 3. The van der Waals surface area contributed by atoms with Crippen molar-refractivity contribution in [1.82, 2.24) is 10.6 Å². The van der Waals surface area contributed by atoms with E-state index < -0.39 is 0 Å². The first kappa shape index (κ1) is 12.5. The molecule has 78 valence electrons. The van der Waals surface area contributed by atoms with Gasteiger partial charge in [-0.2, -0.15) is 0 Å². The van der Waals surface area contributed by atoms with Crippen LogP contribution in [0.15, 0.2) is 12.8 Å². The zero-order valence-corrected chi connectivity index (χ0v) is 8.93. The van der Waals surface area contributed by atoms with E-state index in [1.165, 1.54) is 0 Å². The van der Waals surface area contributed by atoms with Gasteiger partial charge < -0.3 is 15.7 Å². The summed E-state index contributed by atoms with van der Waals surface area (Å²) >= 11 is 0. The van der Waals surface area contributed by atoms with E-state index in [0.717, 1.165) is 13.0 Å². The fourth-order valence-corrected chi connectivity index (χ4v) is 1.43. The van der Waals surface area contributed by atoms with E-state index in [1.54, 1.807) is 6.20 Å². The Morgan fingerprint density at radius 3 is 2.54 bits per heavy atom. The molecule has 0 rings (SSSR count). The summed E-state index contributed by atoms with van der Waals surface area (Å²) in [5, 5.41) is 15.2. The van der Waals surface area contributed by atoms with Crippen molar-refractivity contribution >= 4 is 0 Å². The molecule has 0 aromatic carbocycles. The number of rotatable bonds is 7. The molecular formula is C10H22N2O. The van der Waals surface area contributed by atoms with Gasteiger partial charge in [-0.1, -0.05) is 20.4 Å². The van der Waals surface area contributed by atoms with Crippen molar-refractivity contribution in [3.63, 3.8) is 0 Å². The molecule has 0 bridgehead atoms. The second kappa shape index (κ2) is 6.00. The molecule has 0 fully saturated rings. The van der Waals surface area contributed by atoms with Gasteiger partial charge >= 0.3 is 0 Å². The van der Waals surface area contributed by atoms with Gasteiger partial charge in [0.2, 0.25) is 0 Å². The van der Waals surface area contributed by atoms with E-state index in [-0.39, 0.29) is 12.0 Å². The topological polar surface area (TPSA) is 44.3 Å². The molecule has 0 saturated heterocycles. The highest BCUT2D eigenvalue weighted by atomic mass is 16.3. The molecule has 0 aliphatic heterocycles. The Morgan fingerprint density at radius 1 is 1.54 bits per heavy atom. The highest BCUT2D eigenvalue weighted by molar-refractivity contribution is 4.86. The van der Waals surface area contributed by atoms with E-state index in [9.17, 15) is 0 Å². The molecular weight excluding hydrogens is 164 g/mol. The zero-order chi connectivity index (χ0) is 10.3. The molecule has 0 spiro atoms. The molecule has 0 radical (unpaired) electrons. The predicted molar refractivity (Wildman–Crippen MR) is 56.5 cm³/mol. The number of hydrogen-bond donors (Lipinski definition) is 3. The average Bonchev–Trinajstić information content (AvgIpc) is 2.05. The number of nitrogens with one attached hydrogen (secondary N) is 2.